The highest BCUT2D eigenvalue weighted by Crippen LogP contribution is 2.02. The van der Waals surface area contributed by atoms with Crippen LogP contribution in [0, 0.1) is 5.82 Å². The fourth-order valence-electron chi connectivity index (χ4n) is 1.27. The van der Waals surface area contributed by atoms with Gasteiger partial charge < -0.3 is 0 Å². The summed E-state index contributed by atoms with van der Waals surface area (Å²) in [5, 5.41) is 0. The highest BCUT2D eigenvalue weighted by Gasteiger charge is 2.06. The fourth-order valence-corrected chi connectivity index (χ4v) is 2.21. The zero-order chi connectivity index (χ0) is 12.7. The SMILES string of the molecule is CCCNS(=O)(=O)NCCc1ccc(F)cc1. The highest BCUT2D eigenvalue weighted by atomic mass is 32.2. The molecular weight excluding hydrogens is 243 g/mol. The Bertz CT molecular complexity index is 431. The van der Waals surface area contributed by atoms with Crippen molar-refractivity contribution in [1.82, 2.24) is 9.44 Å². The average Bonchev–Trinajstić information content (AvgIpc) is 2.29. The van der Waals surface area contributed by atoms with Crippen molar-refractivity contribution in [2.24, 2.45) is 0 Å². The Morgan fingerprint density at radius 2 is 1.71 bits per heavy atom. The van der Waals surface area contributed by atoms with E-state index in [1.165, 1.54) is 12.1 Å². The Labute approximate surface area is 101 Å². The Morgan fingerprint density at radius 1 is 1.12 bits per heavy atom. The second-order valence-corrected chi connectivity index (χ2v) is 5.25. The number of benzene rings is 1. The van der Waals surface area contributed by atoms with E-state index in [4.69, 9.17) is 0 Å². The molecule has 0 saturated carbocycles. The molecule has 0 fully saturated rings. The second kappa shape index (κ2) is 6.68. The van der Waals surface area contributed by atoms with Crippen LogP contribution in [-0.2, 0) is 16.6 Å². The summed E-state index contributed by atoms with van der Waals surface area (Å²) in [6, 6.07) is 6.00. The van der Waals surface area contributed by atoms with Crippen LogP contribution in [-0.4, -0.2) is 21.5 Å². The summed E-state index contributed by atoms with van der Waals surface area (Å²) in [4.78, 5) is 0. The predicted octanol–water partition coefficient (Wildman–Crippen LogP) is 1.20. The van der Waals surface area contributed by atoms with Crippen LogP contribution in [0.4, 0.5) is 4.39 Å². The average molecular weight is 260 g/mol. The minimum Gasteiger partial charge on any atom is -0.207 e. The van der Waals surface area contributed by atoms with Gasteiger partial charge in [-0.25, -0.2) is 13.8 Å². The van der Waals surface area contributed by atoms with E-state index in [2.05, 4.69) is 9.44 Å². The molecule has 17 heavy (non-hydrogen) atoms. The maximum absolute atomic E-state index is 12.6. The van der Waals surface area contributed by atoms with Crippen molar-refractivity contribution in [1.29, 1.82) is 0 Å². The predicted molar refractivity (Wildman–Crippen MR) is 65.3 cm³/mol. The first-order valence-corrected chi connectivity index (χ1v) is 7.00. The smallest absolute Gasteiger partial charge is 0.207 e. The lowest BCUT2D eigenvalue weighted by Crippen LogP contribution is -2.37. The Kier molecular flexibility index (Phi) is 5.54. The molecule has 0 radical (unpaired) electrons. The van der Waals surface area contributed by atoms with Crippen LogP contribution in [0.1, 0.15) is 18.9 Å². The van der Waals surface area contributed by atoms with Crippen molar-refractivity contribution in [2.75, 3.05) is 13.1 Å². The van der Waals surface area contributed by atoms with Crippen molar-refractivity contribution in [3.63, 3.8) is 0 Å². The third kappa shape index (κ3) is 5.76. The third-order valence-electron chi connectivity index (χ3n) is 2.16. The lowest BCUT2D eigenvalue weighted by atomic mass is 10.1. The largest absolute Gasteiger partial charge is 0.276 e. The van der Waals surface area contributed by atoms with Gasteiger partial charge in [0.1, 0.15) is 5.82 Å². The van der Waals surface area contributed by atoms with Crippen LogP contribution in [0.2, 0.25) is 0 Å². The molecule has 6 heteroatoms. The summed E-state index contributed by atoms with van der Waals surface area (Å²) >= 11 is 0. The molecule has 0 spiro atoms. The van der Waals surface area contributed by atoms with Gasteiger partial charge in [0.25, 0.3) is 10.2 Å². The molecule has 0 aliphatic carbocycles. The molecule has 1 rings (SSSR count). The van der Waals surface area contributed by atoms with Crippen molar-refractivity contribution >= 4 is 10.2 Å². The lowest BCUT2D eigenvalue weighted by Gasteiger charge is -2.07. The third-order valence-corrected chi connectivity index (χ3v) is 3.33. The van der Waals surface area contributed by atoms with Crippen LogP contribution in [0.5, 0.6) is 0 Å². The van der Waals surface area contributed by atoms with Crippen LogP contribution >= 0.6 is 0 Å². The molecule has 0 saturated heterocycles. The molecule has 0 aliphatic rings. The minimum absolute atomic E-state index is 0.293. The Morgan fingerprint density at radius 3 is 2.29 bits per heavy atom. The van der Waals surface area contributed by atoms with Crippen molar-refractivity contribution < 1.29 is 12.8 Å². The zero-order valence-electron chi connectivity index (χ0n) is 9.74. The molecule has 0 aromatic heterocycles. The molecule has 0 aliphatic heterocycles. The summed E-state index contributed by atoms with van der Waals surface area (Å²) < 4.78 is 40.1. The highest BCUT2D eigenvalue weighted by molar-refractivity contribution is 7.87. The summed E-state index contributed by atoms with van der Waals surface area (Å²) in [6.45, 7) is 2.61. The van der Waals surface area contributed by atoms with E-state index in [1.807, 2.05) is 6.92 Å². The van der Waals surface area contributed by atoms with E-state index in [0.29, 0.717) is 19.5 Å². The maximum Gasteiger partial charge on any atom is 0.276 e. The first-order valence-electron chi connectivity index (χ1n) is 5.52. The number of hydrogen-bond acceptors (Lipinski definition) is 2. The van der Waals surface area contributed by atoms with Gasteiger partial charge in [-0.2, -0.15) is 8.42 Å². The summed E-state index contributed by atoms with van der Waals surface area (Å²) in [6.07, 6.45) is 1.28. The van der Waals surface area contributed by atoms with E-state index < -0.39 is 10.2 Å². The van der Waals surface area contributed by atoms with Crippen LogP contribution < -0.4 is 9.44 Å². The first-order chi connectivity index (χ1) is 8.03. The molecule has 1 aromatic rings. The van der Waals surface area contributed by atoms with Gasteiger partial charge in [-0.3, -0.25) is 0 Å². The van der Waals surface area contributed by atoms with E-state index in [-0.39, 0.29) is 5.82 Å². The summed E-state index contributed by atoms with van der Waals surface area (Å²) in [7, 11) is -3.40. The standard InChI is InChI=1S/C11H17FN2O2S/c1-2-8-13-17(15,16)14-9-7-10-3-5-11(12)6-4-10/h3-6,13-14H,2,7-9H2,1H3. The van der Waals surface area contributed by atoms with E-state index in [0.717, 1.165) is 12.0 Å². The van der Waals surface area contributed by atoms with Gasteiger partial charge in [0.05, 0.1) is 0 Å². The number of hydrogen-bond donors (Lipinski definition) is 2. The van der Waals surface area contributed by atoms with Crippen molar-refractivity contribution in [3.8, 4) is 0 Å². The Balaban J connectivity index is 2.34. The van der Waals surface area contributed by atoms with Crippen molar-refractivity contribution in [3.05, 3.63) is 35.6 Å². The molecule has 4 nitrogen and oxygen atoms in total. The maximum atomic E-state index is 12.6. The first kappa shape index (κ1) is 14.1. The van der Waals surface area contributed by atoms with E-state index >= 15 is 0 Å². The summed E-state index contributed by atoms with van der Waals surface area (Å²) in [5.41, 5.74) is 0.893. The molecule has 2 N–H and O–H groups in total. The molecule has 0 bridgehead atoms. The minimum atomic E-state index is -3.40. The van der Waals surface area contributed by atoms with Gasteiger partial charge >= 0.3 is 0 Å². The van der Waals surface area contributed by atoms with Gasteiger partial charge in [0.2, 0.25) is 0 Å². The lowest BCUT2D eigenvalue weighted by molar-refractivity contribution is 0.565. The van der Waals surface area contributed by atoms with Gasteiger partial charge in [-0.15, -0.1) is 0 Å². The van der Waals surface area contributed by atoms with Crippen molar-refractivity contribution in [2.45, 2.75) is 19.8 Å². The molecule has 0 atom stereocenters. The monoisotopic (exact) mass is 260 g/mol. The van der Waals surface area contributed by atoms with Crippen LogP contribution in [0.25, 0.3) is 0 Å². The molecule has 96 valence electrons. The number of rotatable bonds is 7. The fraction of sp³-hybridized carbons (Fsp3) is 0.455. The molecule has 0 heterocycles. The van der Waals surface area contributed by atoms with Crippen LogP contribution in [0.15, 0.2) is 24.3 Å². The molecule has 1 aromatic carbocycles. The molecular formula is C11H17FN2O2S. The molecule has 0 unspecified atom stereocenters. The van der Waals surface area contributed by atoms with Gasteiger partial charge in [-0.1, -0.05) is 19.1 Å². The number of halogens is 1. The summed E-state index contributed by atoms with van der Waals surface area (Å²) in [5.74, 6) is -0.293. The number of nitrogens with one attached hydrogen (secondary N) is 2. The zero-order valence-corrected chi connectivity index (χ0v) is 10.6. The normalized spacial score (nSPS) is 11.6. The quantitative estimate of drug-likeness (QED) is 0.774. The van der Waals surface area contributed by atoms with E-state index in [1.54, 1.807) is 12.1 Å². The van der Waals surface area contributed by atoms with E-state index in [9.17, 15) is 12.8 Å². The van der Waals surface area contributed by atoms with Crippen LogP contribution in [0.3, 0.4) is 0 Å². The van der Waals surface area contributed by atoms with Gasteiger partial charge in [0, 0.05) is 13.1 Å². The Hall–Kier alpha value is -0.980. The topological polar surface area (TPSA) is 58.2 Å². The van der Waals surface area contributed by atoms with Gasteiger partial charge in [0.15, 0.2) is 0 Å². The van der Waals surface area contributed by atoms with Gasteiger partial charge in [-0.05, 0) is 30.5 Å². The molecule has 0 amide bonds. The second-order valence-electron chi connectivity index (χ2n) is 3.67.